The number of aromatic nitrogens is 1. The summed E-state index contributed by atoms with van der Waals surface area (Å²) in [6.45, 7) is 120. The lowest BCUT2D eigenvalue weighted by Crippen LogP contribution is -2.39. The summed E-state index contributed by atoms with van der Waals surface area (Å²) in [4.78, 5) is 14.5. The summed E-state index contributed by atoms with van der Waals surface area (Å²) in [6, 6.07) is 46.9. The zero-order chi connectivity index (χ0) is 107. The quantitative estimate of drug-likeness (QED) is 0.0875. The number of aromatic amines is 1. The number of piperidine rings is 1. The number of esters is 1. The van der Waals surface area contributed by atoms with Crippen molar-refractivity contribution in [1.82, 2.24) is 31.6 Å². The Morgan fingerprint density at radius 2 is 0.630 bits per heavy atom. The first-order valence-corrected chi connectivity index (χ1v) is 55.5. The van der Waals surface area contributed by atoms with E-state index in [0.717, 1.165) is 167 Å². The molecule has 7 aliphatic heterocycles. The number of cyclic esters (lactones) is 1. The molecule has 5 saturated heterocycles. The van der Waals surface area contributed by atoms with Crippen LogP contribution in [-0.2, 0) is 31.9 Å². The van der Waals surface area contributed by atoms with E-state index in [1.54, 1.807) is 17.6 Å². The molecule has 800 valence electrons. The van der Waals surface area contributed by atoms with Crippen molar-refractivity contribution in [3.05, 3.63) is 180 Å². The third kappa shape index (κ3) is 144. The van der Waals surface area contributed by atoms with E-state index in [4.69, 9.17) is 23.4 Å². The fraction of sp³-hybridized carbons (Fsp3) is 0.697. The number of hydrogen-bond donors (Lipinski definition) is 6. The predicted octanol–water partition coefficient (Wildman–Crippen LogP) is 38.1. The molecule has 13 heteroatoms. The molecule has 12 nitrogen and oxygen atoms in total. The summed E-state index contributed by atoms with van der Waals surface area (Å²) in [5.74, 6) is 7.65. The highest BCUT2D eigenvalue weighted by atomic mass is 32.1. The summed E-state index contributed by atoms with van der Waals surface area (Å²) < 4.78 is 26.8. The molecule has 0 radical (unpaired) electrons. The molecule has 3 aromatic heterocycles. The van der Waals surface area contributed by atoms with Gasteiger partial charge in [-0.25, -0.2) is 4.79 Å². The lowest BCUT2D eigenvalue weighted by Gasteiger charge is -2.15. The topological polar surface area (TPSA) is 143 Å². The Labute approximate surface area is 850 Å². The zero-order valence-corrected chi connectivity index (χ0v) is 100. The number of rotatable bonds is 1. The number of H-pyrrole nitrogens is 1. The van der Waals surface area contributed by atoms with Gasteiger partial charge in [-0.3, -0.25) is 0 Å². The molecule has 0 spiro atoms. The Bertz CT molecular complexity index is 2770. The summed E-state index contributed by atoms with van der Waals surface area (Å²) >= 11 is 1.79. The first-order valence-electron chi connectivity index (χ1n) is 54.7. The first kappa shape index (κ1) is 160. The Kier molecular flexibility index (Phi) is 162. The van der Waals surface area contributed by atoms with E-state index in [0.29, 0.717) is 5.92 Å². The second-order valence-corrected chi connectivity index (χ2v) is 36.5. The van der Waals surface area contributed by atoms with Crippen molar-refractivity contribution in [3.63, 3.8) is 0 Å². The number of hydrogen-bond acceptors (Lipinski definition) is 12. The predicted molar refractivity (Wildman–Crippen MR) is 627 cm³/mol. The zero-order valence-electron chi connectivity index (χ0n) is 99.4. The largest absolute Gasteiger partial charge is 0.464 e. The van der Waals surface area contributed by atoms with Crippen LogP contribution in [0.5, 0.6) is 0 Å². The third-order valence-electron chi connectivity index (χ3n) is 13.4. The second kappa shape index (κ2) is 137. The molecule has 6 N–H and O–H groups in total. The molecule has 1 unspecified atom stereocenters. The van der Waals surface area contributed by atoms with E-state index in [-0.39, 0.29) is 12.1 Å². The van der Waals surface area contributed by atoms with Crippen LogP contribution >= 0.6 is 11.3 Å². The van der Waals surface area contributed by atoms with Gasteiger partial charge in [0.05, 0.1) is 25.0 Å². The summed E-state index contributed by atoms with van der Waals surface area (Å²) in [5.41, 5.74) is 6.90. The molecule has 5 aromatic carbocycles. The maximum Gasteiger partial charge on any atom is 0.339 e. The van der Waals surface area contributed by atoms with Gasteiger partial charge in [0, 0.05) is 99.6 Å². The summed E-state index contributed by atoms with van der Waals surface area (Å²) in [5, 5.41) is 22.1. The van der Waals surface area contributed by atoms with Gasteiger partial charge in [0.25, 0.3) is 0 Å². The highest BCUT2D eigenvalue weighted by Gasteiger charge is 2.32. The lowest BCUT2D eigenvalue weighted by molar-refractivity contribution is 0.0280. The number of para-hydroxylation sites is 2. The first-order chi connectivity index (χ1) is 64.7. The molecule has 1 atom stereocenters. The number of carbonyl (C=O) groups excluding carboxylic acids is 1. The number of carbonyl (C=O) groups is 1. The van der Waals surface area contributed by atoms with Gasteiger partial charge in [-0.1, -0.05) is 443 Å². The van der Waals surface area contributed by atoms with Crippen LogP contribution in [0.25, 0.3) is 32.0 Å². The molecule has 5 fully saturated rings. The molecular formula is C122H240N6O6S. The van der Waals surface area contributed by atoms with Crippen molar-refractivity contribution in [1.29, 1.82) is 0 Å². The van der Waals surface area contributed by atoms with Gasteiger partial charge in [-0.2, -0.15) is 0 Å². The van der Waals surface area contributed by atoms with Gasteiger partial charge in [0.2, 0.25) is 0 Å². The smallest absolute Gasteiger partial charge is 0.339 e. The highest BCUT2D eigenvalue weighted by molar-refractivity contribution is 7.17. The van der Waals surface area contributed by atoms with Gasteiger partial charge in [-0.15, -0.1) is 11.3 Å². The van der Waals surface area contributed by atoms with Crippen LogP contribution in [0.1, 0.15) is 424 Å². The number of morpholine rings is 1. The van der Waals surface area contributed by atoms with E-state index in [1.807, 2.05) is 211 Å². The molecule has 15 rings (SSSR count). The average Bonchev–Trinajstić information content (AvgIpc) is 1.66. The van der Waals surface area contributed by atoms with E-state index < -0.39 is 0 Å². The molecular weight excluding hydrogens is 1680 g/mol. The lowest BCUT2D eigenvalue weighted by atomic mass is 9.97. The molecule has 0 bridgehead atoms. The average molecular weight is 1920 g/mol. The van der Waals surface area contributed by atoms with E-state index >= 15 is 0 Å². The molecule has 0 saturated carbocycles. The Hall–Kier alpha value is -5.71. The minimum absolute atomic E-state index is 0.0521. The number of ether oxygens (including phenoxy) is 4. The van der Waals surface area contributed by atoms with Crippen LogP contribution < -0.4 is 26.6 Å². The van der Waals surface area contributed by atoms with Crippen LogP contribution in [0.15, 0.2) is 162 Å². The maximum atomic E-state index is 11.4. The monoisotopic (exact) mass is 1920 g/mol. The van der Waals surface area contributed by atoms with Gasteiger partial charge in [-0.05, 0) is 200 Å². The van der Waals surface area contributed by atoms with Gasteiger partial charge >= 0.3 is 5.97 Å². The molecule has 10 heterocycles. The highest BCUT2D eigenvalue weighted by Crippen LogP contribution is 2.35. The molecule has 135 heavy (non-hydrogen) atoms. The van der Waals surface area contributed by atoms with Crippen LogP contribution in [0.2, 0.25) is 0 Å². The summed E-state index contributed by atoms with van der Waals surface area (Å²) in [6.07, 6.45) is 15.5. The van der Waals surface area contributed by atoms with Gasteiger partial charge in [0.15, 0.2) is 0 Å². The van der Waals surface area contributed by atoms with Crippen LogP contribution in [0.3, 0.4) is 0 Å². The number of benzene rings is 5. The SMILES string of the molecule is C1CCNCC1.C1CCOC1.C1CCOCC1.C1CNCCN1.C1COCCN1.CC.CC.CC.CC.CC.CC.CC.CC.CC.CC.CC(C)C.CC(C)C.CC(C)C.CC(C)C.CC(C)C.CC(C)C.CC(C)C.CC(C)C.CC(C)C.CC(C)C1OC(=O)c2ccccc21.c1ccc2[nH]ccc2c1.c1ccc2c(c1)CCNC2.c1ccc2occc2c1.c1ccc2sccc2c1. The number of fused-ring (bicyclic) bond motifs is 5. The van der Waals surface area contributed by atoms with Crippen molar-refractivity contribution in [2.45, 2.75) is 410 Å². The summed E-state index contributed by atoms with van der Waals surface area (Å²) in [7, 11) is 0. The number of furan rings is 1. The standard InChI is InChI=1S/C11H12O2.C9H11N.C8H7N.C8H6O.C8H6S.C5H11N.C5H10O.C4H10N2.C4H9NO.C4H8O.9C4H10.10C2H6/c1-7(2)10-8-5-3-4-6-9(8)11(12)13-10;1-2-4-9-7-10-6-5-8(9)3-1;3*1-2-4-8-7(3-1)5-6-9-8;2*1-2-4-6-5-3-1;1-2-6-4-3-5-1;1-3-6-4-2-5-1;1-2-4-5-3-1;9*1-4(2)3;10*1-2/h3-7,10H,1-2H3;1-4,10H,5-7H2;1-6,9H;2*1-6H;6H,1-5H2;1-5H2;5-6H,1-4H2;5H,1-4H2;1-4H2;9*4H,1-3H3;10*1-2H3. The third-order valence-corrected chi connectivity index (χ3v) is 14.3. The second-order valence-electron chi connectivity index (χ2n) is 35.6. The van der Waals surface area contributed by atoms with Crippen molar-refractivity contribution < 1.29 is 28.2 Å². The molecule has 0 amide bonds. The Morgan fingerprint density at radius 1 is 0.296 bits per heavy atom. The number of nitrogens with one attached hydrogen (secondary N) is 6. The van der Waals surface area contributed by atoms with Crippen LogP contribution in [-0.4, -0.2) is 109 Å². The number of piperazine rings is 1. The maximum absolute atomic E-state index is 11.4. The van der Waals surface area contributed by atoms with E-state index in [2.05, 4.69) is 311 Å². The fourth-order valence-corrected chi connectivity index (χ4v) is 9.80. The van der Waals surface area contributed by atoms with E-state index in [9.17, 15) is 4.79 Å². The Balaban J connectivity index is -0.0000000955. The van der Waals surface area contributed by atoms with Crippen LogP contribution in [0.4, 0.5) is 0 Å². The van der Waals surface area contributed by atoms with Crippen LogP contribution in [0, 0.1) is 59.2 Å². The number of thiophene rings is 1. The van der Waals surface area contributed by atoms with Crippen molar-refractivity contribution in [3.8, 4) is 0 Å². The molecule has 8 aromatic rings. The van der Waals surface area contributed by atoms with Crippen molar-refractivity contribution in [2.75, 3.05) is 98.5 Å². The Morgan fingerprint density at radius 3 is 0.956 bits per heavy atom. The van der Waals surface area contributed by atoms with Crippen molar-refractivity contribution >= 4 is 49.3 Å². The van der Waals surface area contributed by atoms with Gasteiger partial charge < -0.3 is 54.9 Å². The van der Waals surface area contributed by atoms with Gasteiger partial charge in [0.1, 0.15) is 11.7 Å². The molecule has 0 aliphatic carbocycles. The van der Waals surface area contributed by atoms with E-state index in [1.165, 1.54) is 103 Å². The fourth-order valence-electron chi connectivity index (χ4n) is 9.01. The normalized spacial score (nSPS) is 13.2. The molecule has 7 aliphatic rings. The minimum Gasteiger partial charge on any atom is -0.464 e. The van der Waals surface area contributed by atoms with Crippen molar-refractivity contribution in [2.24, 2.45) is 59.2 Å². The minimum atomic E-state index is -0.186.